The van der Waals surface area contributed by atoms with Gasteiger partial charge < -0.3 is 5.32 Å². The van der Waals surface area contributed by atoms with Crippen molar-refractivity contribution in [3.63, 3.8) is 0 Å². The van der Waals surface area contributed by atoms with Gasteiger partial charge in [-0.25, -0.2) is 0 Å². The van der Waals surface area contributed by atoms with Gasteiger partial charge in [-0.1, -0.05) is 23.3 Å². The predicted octanol–water partition coefficient (Wildman–Crippen LogP) is 5.66. The molecule has 26 heavy (non-hydrogen) atoms. The second-order valence-electron chi connectivity index (χ2n) is 7.47. The van der Waals surface area contributed by atoms with Crippen LogP contribution in [0.25, 0.3) is 0 Å². The number of nitrogens with zero attached hydrogens (tertiary/aromatic N) is 1. The number of allylic oxidation sites excluding steroid dienone is 1. The summed E-state index contributed by atoms with van der Waals surface area (Å²) in [5.74, 6) is 0.667. The van der Waals surface area contributed by atoms with Crippen molar-refractivity contribution in [2.45, 2.75) is 44.9 Å². The van der Waals surface area contributed by atoms with E-state index in [2.05, 4.69) is 28.5 Å². The molecule has 4 rings (SSSR count). The number of hydrogen-bond acceptors (Lipinski definition) is 2. The molecule has 0 aliphatic heterocycles. The second-order valence-corrected chi connectivity index (χ2v) is 7.91. The Balaban J connectivity index is 1.45. The molecule has 2 aromatic rings. The van der Waals surface area contributed by atoms with Gasteiger partial charge in [0.25, 0.3) is 0 Å². The Morgan fingerprint density at radius 1 is 1.23 bits per heavy atom. The smallest absolute Gasteiger partial charge is 0.234 e. The van der Waals surface area contributed by atoms with Crippen LogP contribution in [0.2, 0.25) is 5.02 Å². The number of carbonyl (C=O) groups excluding carboxylic acids is 1. The molecular formula is C22H23ClN2O. The van der Waals surface area contributed by atoms with Crippen molar-refractivity contribution in [2.24, 2.45) is 5.41 Å². The summed E-state index contributed by atoms with van der Waals surface area (Å²) < 4.78 is 0. The molecule has 0 radical (unpaired) electrons. The molecule has 0 spiro atoms. The first-order valence-electron chi connectivity index (χ1n) is 9.26. The molecule has 1 saturated carbocycles. The van der Waals surface area contributed by atoms with E-state index in [1.165, 1.54) is 11.1 Å². The van der Waals surface area contributed by atoms with Crippen LogP contribution in [0.5, 0.6) is 0 Å². The number of carbonyl (C=O) groups is 1. The maximum absolute atomic E-state index is 12.9. The lowest BCUT2D eigenvalue weighted by Crippen LogP contribution is -2.27. The van der Waals surface area contributed by atoms with Crippen molar-refractivity contribution in [1.82, 2.24) is 4.98 Å². The molecule has 2 aliphatic rings. The number of rotatable bonds is 4. The minimum atomic E-state index is -0.279. The van der Waals surface area contributed by atoms with Crippen molar-refractivity contribution in [3.8, 4) is 0 Å². The Bertz CT molecular complexity index is 853. The molecule has 2 aliphatic carbocycles. The normalized spacial score (nSPS) is 21.0. The van der Waals surface area contributed by atoms with Crippen LogP contribution in [0.15, 0.2) is 54.2 Å². The monoisotopic (exact) mass is 366 g/mol. The highest BCUT2D eigenvalue weighted by Gasteiger charge is 2.52. The van der Waals surface area contributed by atoms with E-state index in [1.54, 1.807) is 12.1 Å². The van der Waals surface area contributed by atoms with Gasteiger partial charge >= 0.3 is 0 Å². The highest BCUT2D eigenvalue weighted by atomic mass is 35.5. The lowest BCUT2D eigenvalue weighted by molar-refractivity contribution is -0.120. The molecule has 0 bridgehead atoms. The molecule has 1 unspecified atom stereocenters. The summed E-state index contributed by atoms with van der Waals surface area (Å²) in [6.07, 6.45) is 9.24. The van der Waals surface area contributed by atoms with Crippen LogP contribution in [0, 0.1) is 12.3 Å². The summed E-state index contributed by atoms with van der Waals surface area (Å²) in [5.41, 5.74) is 4.29. The Labute approximate surface area is 159 Å². The molecule has 1 fully saturated rings. The number of nitrogens with one attached hydrogen (secondary N) is 1. The average molecular weight is 367 g/mol. The Morgan fingerprint density at radius 3 is 2.62 bits per heavy atom. The fourth-order valence-electron chi connectivity index (χ4n) is 4.00. The summed E-state index contributed by atoms with van der Waals surface area (Å²) in [7, 11) is 0. The molecule has 3 nitrogen and oxygen atoms in total. The standard InChI is InChI=1S/C22H23ClN2O/c1-15-14-17(10-13-24-15)16-2-4-18(5-3-16)22(11-12-22)21(26)25-20-8-6-19(23)7-9-20/h4,6-10,13-14,16H,2-3,5,11-12H2,1H3,(H,25,26). The van der Waals surface area contributed by atoms with Gasteiger partial charge in [-0.2, -0.15) is 0 Å². The van der Waals surface area contributed by atoms with Crippen LogP contribution in [-0.2, 0) is 4.79 Å². The largest absolute Gasteiger partial charge is 0.325 e. The van der Waals surface area contributed by atoms with E-state index in [9.17, 15) is 4.79 Å². The zero-order chi connectivity index (χ0) is 18.1. The van der Waals surface area contributed by atoms with E-state index < -0.39 is 0 Å². The van der Waals surface area contributed by atoms with Gasteiger partial charge in [0, 0.05) is 22.6 Å². The fourth-order valence-corrected chi connectivity index (χ4v) is 4.12. The van der Waals surface area contributed by atoms with Gasteiger partial charge in [-0.15, -0.1) is 0 Å². The van der Waals surface area contributed by atoms with Crippen LogP contribution in [-0.4, -0.2) is 10.9 Å². The quantitative estimate of drug-likeness (QED) is 0.709. The number of benzene rings is 1. The minimum absolute atomic E-state index is 0.129. The summed E-state index contributed by atoms with van der Waals surface area (Å²) in [6, 6.07) is 11.6. The SMILES string of the molecule is Cc1cc(C2CC=C(C3(C(=O)Nc4ccc(Cl)cc4)CC3)CC2)ccn1. The van der Waals surface area contributed by atoms with Crippen LogP contribution in [0.1, 0.15) is 49.3 Å². The fraction of sp³-hybridized carbons (Fsp3) is 0.364. The van der Waals surface area contributed by atoms with E-state index in [0.717, 1.165) is 43.5 Å². The molecule has 1 amide bonds. The first-order valence-corrected chi connectivity index (χ1v) is 9.64. The number of halogens is 1. The van der Waals surface area contributed by atoms with E-state index in [1.807, 2.05) is 25.3 Å². The summed E-state index contributed by atoms with van der Waals surface area (Å²) in [6.45, 7) is 2.04. The zero-order valence-electron chi connectivity index (χ0n) is 15.0. The van der Waals surface area contributed by atoms with E-state index in [-0.39, 0.29) is 11.3 Å². The Morgan fingerprint density at radius 2 is 2.00 bits per heavy atom. The number of anilines is 1. The summed E-state index contributed by atoms with van der Waals surface area (Å²) in [4.78, 5) is 17.2. The Kier molecular flexibility index (Phi) is 4.58. The van der Waals surface area contributed by atoms with Gasteiger partial charge in [-0.05, 0) is 86.9 Å². The van der Waals surface area contributed by atoms with Crippen LogP contribution < -0.4 is 5.32 Å². The van der Waals surface area contributed by atoms with E-state index in [4.69, 9.17) is 11.6 Å². The molecule has 4 heteroatoms. The van der Waals surface area contributed by atoms with Crippen molar-refractivity contribution in [1.29, 1.82) is 0 Å². The van der Waals surface area contributed by atoms with Crippen molar-refractivity contribution in [3.05, 3.63) is 70.5 Å². The summed E-state index contributed by atoms with van der Waals surface area (Å²) >= 11 is 5.92. The van der Waals surface area contributed by atoms with Gasteiger partial charge in [0.05, 0.1) is 5.41 Å². The molecule has 1 heterocycles. The molecule has 1 aromatic carbocycles. The van der Waals surface area contributed by atoms with Crippen molar-refractivity contribution < 1.29 is 4.79 Å². The Hall–Kier alpha value is -2.13. The average Bonchev–Trinajstić information content (AvgIpc) is 3.46. The van der Waals surface area contributed by atoms with Crippen molar-refractivity contribution in [2.75, 3.05) is 5.32 Å². The van der Waals surface area contributed by atoms with Crippen molar-refractivity contribution >= 4 is 23.2 Å². The number of hydrogen-bond donors (Lipinski definition) is 1. The third-order valence-electron chi connectivity index (χ3n) is 5.70. The number of amides is 1. The topological polar surface area (TPSA) is 42.0 Å². The third kappa shape index (κ3) is 3.41. The van der Waals surface area contributed by atoms with Gasteiger partial charge in [0.2, 0.25) is 5.91 Å². The molecular weight excluding hydrogens is 344 g/mol. The maximum Gasteiger partial charge on any atom is 0.234 e. The highest BCUT2D eigenvalue weighted by molar-refractivity contribution is 6.30. The first-order chi connectivity index (χ1) is 12.6. The first kappa shape index (κ1) is 17.3. The molecule has 1 N–H and O–H groups in total. The zero-order valence-corrected chi connectivity index (χ0v) is 15.7. The molecule has 1 aromatic heterocycles. The number of aromatic nitrogens is 1. The summed E-state index contributed by atoms with van der Waals surface area (Å²) in [5, 5.41) is 3.75. The lowest BCUT2D eigenvalue weighted by Gasteiger charge is -2.27. The highest BCUT2D eigenvalue weighted by Crippen LogP contribution is 2.56. The van der Waals surface area contributed by atoms with Crippen LogP contribution in [0.4, 0.5) is 5.69 Å². The second kappa shape index (κ2) is 6.88. The van der Waals surface area contributed by atoms with E-state index >= 15 is 0 Å². The molecule has 134 valence electrons. The van der Waals surface area contributed by atoms with Gasteiger partial charge in [-0.3, -0.25) is 9.78 Å². The number of aryl methyl sites for hydroxylation is 1. The molecule has 1 atom stereocenters. The molecule has 0 saturated heterocycles. The van der Waals surface area contributed by atoms with Crippen LogP contribution >= 0.6 is 11.6 Å². The minimum Gasteiger partial charge on any atom is -0.325 e. The van der Waals surface area contributed by atoms with Crippen LogP contribution in [0.3, 0.4) is 0 Å². The number of pyridine rings is 1. The lowest BCUT2D eigenvalue weighted by atomic mass is 9.79. The predicted molar refractivity (Wildman–Crippen MR) is 105 cm³/mol. The van der Waals surface area contributed by atoms with Gasteiger partial charge in [0.15, 0.2) is 0 Å². The maximum atomic E-state index is 12.9. The third-order valence-corrected chi connectivity index (χ3v) is 5.96. The van der Waals surface area contributed by atoms with Gasteiger partial charge in [0.1, 0.15) is 0 Å². The van der Waals surface area contributed by atoms with E-state index in [0.29, 0.717) is 10.9 Å².